The van der Waals surface area contributed by atoms with Gasteiger partial charge in [0.15, 0.2) is 0 Å². The number of nitrogens with zero attached hydrogens (tertiary/aromatic N) is 3. The van der Waals surface area contributed by atoms with Crippen molar-refractivity contribution in [2.24, 2.45) is 0 Å². The lowest BCUT2D eigenvalue weighted by Gasteiger charge is -2.15. The van der Waals surface area contributed by atoms with Crippen LogP contribution in [-0.2, 0) is 11.2 Å². The molecular weight excluding hydrogens is 302 g/mol. The van der Waals surface area contributed by atoms with Crippen LogP contribution in [0, 0.1) is 6.92 Å². The average molecular weight is 323 g/mol. The number of hydrogen-bond acceptors (Lipinski definition) is 4. The second kappa shape index (κ2) is 6.24. The molecule has 0 amide bonds. The number of ether oxygens (including phenoxy) is 2. The molecule has 0 N–H and O–H groups in total. The maximum absolute atomic E-state index is 6.05. The van der Waals surface area contributed by atoms with Crippen molar-refractivity contribution in [2.45, 2.75) is 32.8 Å². The van der Waals surface area contributed by atoms with Gasteiger partial charge in [0.1, 0.15) is 35.2 Å². The highest BCUT2D eigenvalue weighted by molar-refractivity contribution is 5.73. The minimum atomic E-state index is 0.220. The molecule has 0 spiro atoms. The number of benzene rings is 2. The zero-order chi connectivity index (χ0) is 16.5. The number of aromatic nitrogens is 3. The molecule has 1 aromatic heterocycles. The van der Waals surface area contributed by atoms with E-state index < -0.39 is 0 Å². The van der Waals surface area contributed by atoms with Gasteiger partial charge in [-0.3, -0.25) is 0 Å². The van der Waals surface area contributed by atoms with Crippen molar-refractivity contribution in [1.82, 2.24) is 15.0 Å². The van der Waals surface area contributed by atoms with E-state index in [9.17, 15) is 0 Å². The minimum Gasteiger partial charge on any atom is -0.488 e. The van der Waals surface area contributed by atoms with Crippen LogP contribution in [0.5, 0.6) is 5.75 Å². The monoisotopic (exact) mass is 323 g/mol. The normalized spacial score (nSPS) is 16.5. The Morgan fingerprint density at radius 2 is 1.92 bits per heavy atom. The molecule has 24 heavy (non-hydrogen) atoms. The van der Waals surface area contributed by atoms with Crippen molar-refractivity contribution in [2.75, 3.05) is 13.2 Å². The summed E-state index contributed by atoms with van der Waals surface area (Å²) in [6.07, 6.45) is 2.35. The SMILES string of the molecule is CCCc1cc(C)c(OCC2CO2)c(-n2nc3ccccc3n2)c1. The van der Waals surface area contributed by atoms with Crippen LogP contribution in [0.3, 0.4) is 0 Å². The van der Waals surface area contributed by atoms with Gasteiger partial charge in [0.25, 0.3) is 0 Å². The molecule has 4 rings (SSSR count). The van der Waals surface area contributed by atoms with Gasteiger partial charge < -0.3 is 9.47 Å². The van der Waals surface area contributed by atoms with Gasteiger partial charge >= 0.3 is 0 Å². The van der Waals surface area contributed by atoms with Gasteiger partial charge in [-0.2, -0.15) is 0 Å². The molecular formula is C19H21N3O2. The van der Waals surface area contributed by atoms with Crippen molar-refractivity contribution < 1.29 is 9.47 Å². The standard InChI is InChI=1S/C19H21N3O2/c1-3-6-14-9-13(2)19(24-12-15-11-23-15)18(10-14)22-20-16-7-4-5-8-17(16)21-22/h4-5,7-10,15H,3,6,11-12H2,1-2H3. The average Bonchev–Trinajstić information content (AvgIpc) is 3.30. The van der Waals surface area contributed by atoms with E-state index in [1.54, 1.807) is 4.80 Å². The van der Waals surface area contributed by atoms with Crippen LogP contribution in [-0.4, -0.2) is 34.3 Å². The number of epoxide rings is 1. The number of rotatable bonds is 6. The summed E-state index contributed by atoms with van der Waals surface area (Å²) in [4.78, 5) is 1.69. The summed E-state index contributed by atoms with van der Waals surface area (Å²) in [5.74, 6) is 0.839. The van der Waals surface area contributed by atoms with Crippen LogP contribution in [0.4, 0.5) is 0 Å². The maximum Gasteiger partial charge on any atom is 0.149 e. The van der Waals surface area contributed by atoms with Crippen molar-refractivity contribution in [1.29, 1.82) is 0 Å². The van der Waals surface area contributed by atoms with Crippen LogP contribution in [0.2, 0.25) is 0 Å². The van der Waals surface area contributed by atoms with Crippen molar-refractivity contribution >= 4 is 11.0 Å². The van der Waals surface area contributed by atoms with E-state index in [1.807, 2.05) is 24.3 Å². The van der Waals surface area contributed by atoms with Crippen LogP contribution in [0.15, 0.2) is 36.4 Å². The zero-order valence-electron chi connectivity index (χ0n) is 14.0. The number of fused-ring (bicyclic) bond motifs is 1. The number of aryl methyl sites for hydroxylation is 2. The molecule has 5 nitrogen and oxygen atoms in total. The Kier molecular flexibility index (Phi) is 3.94. The van der Waals surface area contributed by atoms with Gasteiger partial charge in [-0.15, -0.1) is 15.0 Å². The zero-order valence-corrected chi connectivity index (χ0v) is 14.0. The molecule has 5 heteroatoms. The molecule has 0 saturated carbocycles. The molecule has 0 aliphatic carbocycles. The summed E-state index contributed by atoms with van der Waals surface area (Å²) >= 11 is 0. The van der Waals surface area contributed by atoms with Crippen molar-refractivity contribution in [3.8, 4) is 11.4 Å². The second-order valence-electron chi connectivity index (χ2n) is 6.26. The van der Waals surface area contributed by atoms with Crippen LogP contribution < -0.4 is 4.74 Å². The fourth-order valence-electron chi connectivity index (χ4n) is 2.91. The van der Waals surface area contributed by atoms with E-state index in [0.29, 0.717) is 6.61 Å². The van der Waals surface area contributed by atoms with E-state index in [2.05, 4.69) is 36.2 Å². The molecule has 1 saturated heterocycles. The molecule has 3 aromatic rings. The van der Waals surface area contributed by atoms with Gasteiger partial charge in [-0.1, -0.05) is 31.5 Å². The quantitative estimate of drug-likeness (QED) is 0.652. The smallest absolute Gasteiger partial charge is 0.149 e. The Morgan fingerprint density at radius 1 is 1.21 bits per heavy atom. The topological polar surface area (TPSA) is 52.5 Å². The van der Waals surface area contributed by atoms with E-state index in [1.165, 1.54) is 5.56 Å². The predicted molar refractivity (Wildman–Crippen MR) is 92.8 cm³/mol. The maximum atomic E-state index is 6.05. The molecule has 1 unspecified atom stereocenters. The third kappa shape index (κ3) is 2.99. The van der Waals surface area contributed by atoms with Gasteiger partial charge in [-0.05, 0) is 42.7 Å². The number of hydrogen-bond donors (Lipinski definition) is 0. The second-order valence-corrected chi connectivity index (χ2v) is 6.26. The Hall–Kier alpha value is -2.40. The molecule has 1 atom stereocenters. The molecule has 2 heterocycles. The first-order valence-corrected chi connectivity index (χ1v) is 8.45. The summed E-state index contributed by atoms with van der Waals surface area (Å²) in [5.41, 5.74) is 5.05. The van der Waals surface area contributed by atoms with Crippen LogP contribution in [0.25, 0.3) is 16.7 Å². The largest absolute Gasteiger partial charge is 0.488 e. The lowest BCUT2D eigenvalue weighted by molar-refractivity contribution is 0.260. The van der Waals surface area contributed by atoms with Gasteiger partial charge in [0.05, 0.1) is 6.61 Å². The van der Waals surface area contributed by atoms with E-state index in [-0.39, 0.29) is 6.10 Å². The molecule has 0 bridgehead atoms. The van der Waals surface area contributed by atoms with Gasteiger partial charge in [0, 0.05) is 0 Å². The predicted octanol–water partition coefficient (Wildman–Crippen LogP) is 3.46. The van der Waals surface area contributed by atoms with Gasteiger partial charge in [0.2, 0.25) is 0 Å². The minimum absolute atomic E-state index is 0.220. The molecule has 124 valence electrons. The van der Waals surface area contributed by atoms with Gasteiger partial charge in [-0.25, -0.2) is 0 Å². The van der Waals surface area contributed by atoms with E-state index in [0.717, 1.165) is 47.5 Å². The summed E-state index contributed by atoms with van der Waals surface area (Å²) in [7, 11) is 0. The van der Waals surface area contributed by atoms with Crippen LogP contribution >= 0.6 is 0 Å². The molecule has 0 radical (unpaired) electrons. The summed E-state index contributed by atoms with van der Waals surface area (Å²) in [6, 6.07) is 12.2. The van der Waals surface area contributed by atoms with Crippen LogP contribution in [0.1, 0.15) is 24.5 Å². The summed E-state index contributed by atoms with van der Waals surface area (Å²) in [5, 5.41) is 9.25. The third-order valence-corrected chi connectivity index (χ3v) is 4.17. The Labute approximate surface area is 141 Å². The summed E-state index contributed by atoms with van der Waals surface area (Å²) < 4.78 is 11.3. The highest BCUT2D eigenvalue weighted by Crippen LogP contribution is 2.30. The Bertz CT molecular complexity index is 835. The lowest BCUT2D eigenvalue weighted by atomic mass is 10.1. The van der Waals surface area contributed by atoms with E-state index >= 15 is 0 Å². The first-order chi connectivity index (χ1) is 11.7. The lowest BCUT2D eigenvalue weighted by Crippen LogP contribution is -2.10. The fraction of sp³-hybridized carbons (Fsp3) is 0.368. The first-order valence-electron chi connectivity index (χ1n) is 8.45. The van der Waals surface area contributed by atoms with Crippen molar-refractivity contribution in [3.63, 3.8) is 0 Å². The molecule has 1 aliphatic rings. The van der Waals surface area contributed by atoms with Crippen molar-refractivity contribution in [3.05, 3.63) is 47.5 Å². The highest BCUT2D eigenvalue weighted by atomic mass is 16.6. The summed E-state index contributed by atoms with van der Waals surface area (Å²) in [6.45, 7) is 5.62. The molecule has 1 aliphatic heterocycles. The van der Waals surface area contributed by atoms with E-state index in [4.69, 9.17) is 9.47 Å². The fourth-order valence-corrected chi connectivity index (χ4v) is 2.91. The molecule has 2 aromatic carbocycles. The third-order valence-electron chi connectivity index (χ3n) is 4.17. The Morgan fingerprint density at radius 3 is 2.54 bits per heavy atom. The molecule has 1 fully saturated rings. The first kappa shape index (κ1) is 15.1. The highest BCUT2D eigenvalue weighted by Gasteiger charge is 2.24. The Balaban J connectivity index is 1.79.